The number of aliphatic hydroxyl groups excluding tert-OH is 1. The fraction of sp³-hybridized carbons (Fsp3) is 0.571. The molecule has 2 N–H and O–H groups in total. The first-order chi connectivity index (χ1) is 8.58. The van der Waals surface area contributed by atoms with Gasteiger partial charge in [-0.1, -0.05) is 19.9 Å². The largest absolute Gasteiger partial charge is 0.391 e. The molecule has 0 spiro atoms. The first-order valence-electron chi connectivity index (χ1n) is 6.41. The fourth-order valence-electron chi connectivity index (χ4n) is 1.75. The second-order valence-corrected chi connectivity index (χ2v) is 4.95. The van der Waals surface area contributed by atoms with E-state index in [0.717, 1.165) is 5.56 Å². The molecule has 0 aromatic carbocycles. The maximum absolute atomic E-state index is 11.6. The highest BCUT2D eigenvalue weighted by atomic mass is 16.3. The molecule has 0 saturated carbocycles. The van der Waals surface area contributed by atoms with Crippen molar-refractivity contribution < 1.29 is 9.90 Å². The van der Waals surface area contributed by atoms with Crippen molar-refractivity contribution in [1.29, 1.82) is 0 Å². The van der Waals surface area contributed by atoms with Crippen LogP contribution in [0.5, 0.6) is 0 Å². The number of aliphatic hydroxyl groups is 1. The normalized spacial score (nSPS) is 12.4. The molecule has 0 bridgehead atoms. The SMILES string of the molecule is CC(C)CC(O)CNC(=O)CCc1cccnc1. The van der Waals surface area contributed by atoms with Crippen LogP contribution in [0.2, 0.25) is 0 Å². The standard InChI is InChI=1S/C14H22N2O2/c1-11(2)8-13(17)10-16-14(18)6-5-12-4-3-7-15-9-12/h3-4,7,9,11,13,17H,5-6,8,10H2,1-2H3,(H,16,18). The number of carbonyl (C=O) groups excluding carboxylic acids is 1. The van der Waals surface area contributed by atoms with Crippen molar-refractivity contribution >= 4 is 5.91 Å². The molecule has 1 unspecified atom stereocenters. The third-order valence-electron chi connectivity index (χ3n) is 2.64. The summed E-state index contributed by atoms with van der Waals surface area (Å²) >= 11 is 0. The van der Waals surface area contributed by atoms with Crippen molar-refractivity contribution in [1.82, 2.24) is 10.3 Å². The third-order valence-corrected chi connectivity index (χ3v) is 2.64. The number of aromatic nitrogens is 1. The fourth-order valence-corrected chi connectivity index (χ4v) is 1.75. The Morgan fingerprint density at radius 3 is 2.89 bits per heavy atom. The molecule has 4 heteroatoms. The van der Waals surface area contributed by atoms with Gasteiger partial charge in [0.25, 0.3) is 0 Å². The predicted molar refractivity (Wildman–Crippen MR) is 71.0 cm³/mol. The smallest absolute Gasteiger partial charge is 0.220 e. The summed E-state index contributed by atoms with van der Waals surface area (Å²) in [5, 5.41) is 12.4. The lowest BCUT2D eigenvalue weighted by atomic mass is 10.1. The Bertz CT molecular complexity index is 352. The van der Waals surface area contributed by atoms with Gasteiger partial charge in [0.1, 0.15) is 0 Å². The summed E-state index contributed by atoms with van der Waals surface area (Å²) in [5.74, 6) is 0.411. The van der Waals surface area contributed by atoms with E-state index in [1.165, 1.54) is 0 Å². The van der Waals surface area contributed by atoms with Crippen LogP contribution in [0.3, 0.4) is 0 Å². The highest BCUT2D eigenvalue weighted by Gasteiger charge is 2.09. The number of amides is 1. The van der Waals surface area contributed by atoms with Crippen LogP contribution < -0.4 is 5.32 Å². The number of aryl methyl sites for hydroxylation is 1. The van der Waals surface area contributed by atoms with Gasteiger partial charge in [-0.3, -0.25) is 9.78 Å². The molecule has 4 nitrogen and oxygen atoms in total. The number of pyridine rings is 1. The minimum absolute atomic E-state index is 0.0262. The molecule has 1 amide bonds. The summed E-state index contributed by atoms with van der Waals surface area (Å²) in [6, 6.07) is 3.81. The summed E-state index contributed by atoms with van der Waals surface area (Å²) in [5.41, 5.74) is 1.05. The van der Waals surface area contributed by atoms with Crippen molar-refractivity contribution in [3.8, 4) is 0 Å². The molecule has 0 fully saturated rings. The zero-order chi connectivity index (χ0) is 13.4. The molecule has 18 heavy (non-hydrogen) atoms. The number of nitrogens with one attached hydrogen (secondary N) is 1. The van der Waals surface area contributed by atoms with Gasteiger partial charge in [-0.2, -0.15) is 0 Å². The Labute approximate surface area is 108 Å². The number of hydrogen-bond donors (Lipinski definition) is 2. The van der Waals surface area contributed by atoms with Gasteiger partial charge < -0.3 is 10.4 Å². The highest BCUT2D eigenvalue weighted by molar-refractivity contribution is 5.76. The molecule has 0 aliphatic rings. The molecule has 1 rings (SSSR count). The van der Waals surface area contributed by atoms with Crippen LogP contribution in [-0.2, 0) is 11.2 Å². The van der Waals surface area contributed by atoms with Crippen LogP contribution in [0, 0.1) is 5.92 Å². The molecule has 1 aromatic rings. The lowest BCUT2D eigenvalue weighted by Gasteiger charge is -2.13. The van der Waals surface area contributed by atoms with E-state index in [9.17, 15) is 9.90 Å². The number of rotatable bonds is 7. The quantitative estimate of drug-likeness (QED) is 0.771. The predicted octanol–water partition coefficient (Wildman–Crippen LogP) is 1.54. The molecule has 100 valence electrons. The minimum atomic E-state index is -0.452. The molecule has 0 radical (unpaired) electrons. The molecule has 0 saturated heterocycles. The average molecular weight is 250 g/mol. The van der Waals surface area contributed by atoms with Crippen molar-refractivity contribution in [2.24, 2.45) is 5.92 Å². The van der Waals surface area contributed by atoms with Crippen LogP contribution >= 0.6 is 0 Å². The lowest BCUT2D eigenvalue weighted by molar-refractivity contribution is -0.121. The summed E-state index contributed by atoms with van der Waals surface area (Å²) < 4.78 is 0. The van der Waals surface area contributed by atoms with Gasteiger partial charge in [-0.15, -0.1) is 0 Å². The second-order valence-electron chi connectivity index (χ2n) is 4.95. The van der Waals surface area contributed by atoms with E-state index < -0.39 is 6.10 Å². The van der Waals surface area contributed by atoms with Gasteiger partial charge in [0.2, 0.25) is 5.91 Å². The number of carbonyl (C=O) groups is 1. The van der Waals surface area contributed by atoms with Crippen LogP contribution in [0.25, 0.3) is 0 Å². The van der Waals surface area contributed by atoms with E-state index in [2.05, 4.69) is 10.3 Å². The van der Waals surface area contributed by atoms with Crippen LogP contribution in [-0.4, -0.2) is 28.6 Å². The molecule has 1 aromatic heterocycles. The molecular formula is C14H22N2O2. The lowest BCUT2D eigenvalue weighted by Crippen LogP contribution is -2.32. The van der Waals surface area contributed by atoms with Crippen LogP contribution in [0.1, 0.15) is 32.3 Å². The zero-order valence-corrected chi connectivity index (χ0v) is 11.1. The molecule has 1 atom stereocenters. The van der Waals surface area contributed by atoms with E-state index in [1.54, 1.807) is 12.4 Å². The summed E-state index contributed by atoms with van der Waals surface area (Å²) in [6.45, 7) is 4.44. The van der Waals surface area contributed by atoms with Gasteiger partial charge in [0.05, 0.1) is 6.10 Å². The second kappa shape index (κ2) is 7.82. The highest BCUT2D eigenvalue weighted by Crippen LogP contribution is 2.04. The van der Waals surface area contributed by atoms with E-state index in [1.807, 2.05) is 26.0 Å². The Balaban J connectivity index is 2.18. The van der Waals surface area contributed by atoms with Gasteiger partial charge in [0, 0.05) is 25.4 Å². The van der Waals surface area contributed by atoms with E-state index in [0.29, 0.717) is 31.7 Å². The Morgan fingerprint density at radius 1 is 1.50 bits per heavy atom. The first-order valence-corrected chi connectivity index (χ1v) is 6.41. The topological polar surface area (TPSA) is 62.2 Å². The summed E-state index contributed by atoms with van der Waals surface area (Å²) in [7, 11) is 0. The van der Waals surface area contributed by atoms with Crippen molar-refractivity contribution in [2.45, 2.75) is 39.2 Å². The summed E-state index contributed by atoms with van der Waals surface area (Å²) in [6.07, 6.45) is 4.85. The third kappa shape index (κ3) is 6.35. The van der Waals surface area contributed by atoms with Crippen LogP contribution in [0.4, 0.5) is 0 Å². The Morgan fingerprint density at radius 2 is 2.28 bits per heavy atom. The van der Waals surface area contributed by atoms with Crippen molar-refractivity contribution in [3.05, 3.63) is 30.1 Å². The van der Waals surface area contributed by atoms with Crippen molar-refractivity contribution in [3.63, 3.8) is 0 Å². The molecular weight excluding hydrogens is 228 g/mol. The minimum Gasteiger partial charge on any atom is -0.391 e. The first kappa shape index (κ1) is 14.6. The molecule has 0 aliphatic heterocycles. The van der Waals surface area contributed by atoms with Gasteiger partial charge in [0.15, 0.2) is 0 Å². The number of hydrogen-bond acceptors (Lipinski definition) is 3. The monoisotopic (exact) mass is 250 g/mol. The average Bonchev–Trinajstić information content (AvgIpc) is 2.34. The van der Waals surface area contributed by atoms with Crippen molar-refractivity contribution in [2.75, 3.05) is 6.54 Å². The maximum atomic E-state index is 11.6. The van der Waals surface area contributed by atoms with Crippen LogP contribution in [0.15, 0.2) is 24.5 Å². The maximum Gasteiger partial charge on any atom is 0.220 e. The van der Waals surface area contributed by atoms with Gasteiger partial charge >= 0.3 is 0 Å². The van der Waals surface area contributed by atoms with E-state index in [4.69, 9.17) is 0 Å². The molecule has 1 heterocycles. The Hall–Kier alpha value is -1.42. The zero-order valence-electron chi connectivity index (χ0n) is 11.1. The van der Waals surface area contributed by atoms with E-state index in [-0.39, 0.29) is 5.91 Å². The Kier molecular flexibility index (Phi) is 6.36. The van der Waals surface area contributed by atoms with Gasteiger partial charge in [-0.05, 0) is 30.4 Å². The van der Waals surface area contributed by atoms with Gasteiger partial charge in [-0.25, -0.2) is 0 Å². The number of nitrogens with zero attached hydrogens (tertiary/aromatic N) is 1. The summed E-state index contributed by atoms with van der Waals surface area (Å²) in [4.78, 5) is 15.6. The van der Waals surface area contributed by atoms with E-state index >= 15 is 0 Å². The molecule has 0 aliphatic carbocycles.